The van der Waals surface area contributed by atoms with Crippen LogP contribution in [-0.4, -0.2) is 18.2 Å². The molecule has 2 N–H and O–H groups in total. The van der Waals surface area contributed by atoms with Crippen molar-refractivity contribution in [2.45, 2.75) is 6.10 Å². The van der Waals surface area contributed by atoms with Gasteiger partial charge in [0.15, 0.2) is 0 Å². The van der Waals surface area contributed by atoms with E-state index in [2.05, 4.69) is 11.9 Å². The zero-order valence-electron chi connectivity index (χ0n) is 6.86. The molecule has 0 aliphatic heterocycles. The first-order valence-electron chi connectivity index (χ1n) is 3.87. The van der Waals surface area contributed by atoms with Crippen LogP contribution in [0.4, 0.5) is 0 Å². The van der Waals surface area contributed by atoms with E-state index < -0.39 is 0 Å². The Hall–Kier alpha value is -0.640. The fourth-order valence-electron chi connectivity index (χ4n) is 0.904. The predicted molar refractivity (Wildman–Crippen MR) is 52.3 cm³/mol. The van der Waals surface area contributed by atoms with Crippen LogP contribution in [0, 0.1) is 0 Å². The number of aliphatic hydroxyl groups excluding tert-OH is 1. The van der Waals surface area contributed by atoms with Crippen molar-refractivity contribution in [2.24, 2.45) is 0 Å². The van der Waals surface area contributed by atoms with E-state index >= 15 is 0 Å². The Morgan fingerprint density at radius 2 is 2.58 bits per heavy atom. The van der Waals surface area contributed by atoms with E-state index in [0.717, 1.165) is 11.4 Å². The normalized spacial score (nSPS) is 12.8. The van der Waals surface area contributed by atoms with Gasteiger partial charge in [-0.2, -0.15) is 0 Å². The van der Waals surface area contributed by atoms with E-state index in [0.29, 0.717) is 6.54 Å². The summed E-state index contributed by atoms with van der Waals surface area (Å²) in [5, 5.41) is 14.6. The maximum Gasteiger partial charge on any atom is 0.101 e. The molecule has 0 radical (unpaired) electrons. The third kappa shape index (κ3) is 2.77. The average molecular weight is 183 g/mol. The van der Waals surface area contributed by atoms with Crippen LogP contribution in [0.2, 0.25) is 0 Å². The van der Waals surface area contributed by atoms with Crippen molar-refractivity contribution in [1.29, 1.82) is 0 Å². The van der Waals surface area contributed by atoms with Crippen molar-refractivity contribution < 1.29 is 5.11 Å². The topological polar surface area (TPSA) is 32.3 Å². The molecule has 2 nitrogen and oxygen atoms in total. The Morgan fingerprint density at radius 1 is 1.75 bits per heavy atom. The van der Waals surface area contributed by atoms with Crippen LogP contribution in [0.5, 0.6) is 0 Å². The lowest BCUT2D eigenvalue weighted by Gasteiger charge is -2.07. The molecule has 1 aromatic heterocycles. The van der Waals surface area contributed by atoms with Crippen LogP contribution >= 0.6 is 11.3 Å². The molecule has 0 spiro atoms. The summed E-state index contributed by atoms with van der Waals surface area (Å²) in [5.41, 5.74) is 0. The molecule has 0 aliphatic rings. The van der Waals surface area contributed by atoms with Crippen LogP contribution in [0.3, 0.4) is 0 Å². The van der Waals surface area contributed by atoms with Crippen molar-refractivity contribution in [3.8, 4) is 0 Å². The van der Waals surface area contributed by atoms with E-state index in [4.69, 9.17) is 0 Å². The van der Waals surface area contributed by atoms with Gasteiger partial charge in [0.25, 0.3) is 0 Å². The summed E-state index contributed by atoms with van der Waals surface area (Å²) in [6.45, 7) is 4.91. The van der Waals surface area contributed by atoms with Gasteiger partial charge in [0, 0.05) is 18.0 Å². The summed E-state index contributed by atoms with van der Waals surface area (Å²) in [6.07, 6.45) is 1.39. The second-order valence-corrected chi connectivity index (χ2v) is 3.46. The molecule has 1 rings (SSSR count). The first-order chi connectivity index (χ1) is 5.84. The maximum atomic E-state index is 9.55. The van der Waals surface area contributed by atoms with Crippen LogP contribution in [0.1, 0.15) is 11.0 Å². The molecule has 0 amide bonds. The van der Waals surface area contributed by atoms with Crippen LogP contribution in [0.15, 0.2) is 30.2 Å². The minimum absolute atomic E-state index is 0.384. The first kappa shape index (κ1) is 9.45. The number of aliphatic hydroxyl groups is 1. The molecule has 3 heteroatoms. The van der Waals surface area contributed by atoms with E-state index in [9.17, 15) is 5.11 Å². The molecular formula is C9H13NOS. The molecular weight excluding hydrogens is 170 g/mol. The molecule has 1 unspecified atom stereocenters. The molecule has 0 saturated carbocycles. The smallest absolute Gasteiger partial charge is 0.101 e. The number of hydrogen-bond acceptors (Lipinski definition) is 3. The quantitative estimate of drug-likeness (QED) is 0.536. The minimum atomic E-state index is -0.384. The largest absolute Gasteiger partial charge is 0.386 e. The summed E-state index contributed by atoms with van der Waals surface area (Å²) in [5.74, 6) is 0. The molecule has 0 aliphatic carbocycles. The Kier molecular flexibility index (Phi) is 4.00. The lowest BCUT2D eigenvalue weighted by molar-refractivity contribution is 0.180. The molecule has 0 aromatic carbocycles. The number of nitrogens with one attached hydrogen (secondary N) is 1. The fourth-order valence-corrected chi connectivity index (χ4v) is 1.62. The van der Waals surface area contributed by atoms with Crippen molar-refractivity contribution >= 4 is 11.3 Å². The summed E-state index contributed by atoms with van der Waals surface area (Å²) < 4.78 is 0. The maximum absolute atomic E-state index is 9.55. The van der Waals surface area contributed by atoms with E-state index in [1.165, 1.54) is 0 Å². The van der Waals surface area contributed by atoms with Gasteiger partial charge in [0.1, 0.15) is 6.10 Å². The molecule has 1 heterocycles. The van der Waals surface area contributed by atoms with Gasteiger partial charge in [-0.1, -0.05) is 12.1 Å². The molecule has 1 atom stereocenters. The highest BCUT2D eigenvalue weighted by Crippen LogP contribution is 2.17. The van der Waals surface area contributed by atoms with E-state index in [1.807, 2.05) is 17.5 Å². The molecule has 0 fully saturated rings. The zero-order valence-corrected chi connectivity index (χ0v) is 7.68. The van der Waals surface area contributed by atoms with Crippen molar-refractivity contribution in [2.75, 3.05) is 13.1 Å². The van der Waals surface area contributed by atoms with Crippen LogP contribution < -0.4 is 5.32 Å². The highest BCUT2D eigenvalue weighted by atomic mass is 32.1. The molecule has 0 saturated heterocycles. The fraction of sp³-hybridized carbons (Fsp3) is 0.333. The first-order valence-corrected chi connectivity index (χ1v) is 4.75. The zero-order chi connectivity index (χ0) is 8.81. The lowest BCUT2D eigenvalue weighted by Crippen LogP contribution is -2.20. The van der Waals surface area contributed by atoms with Crippen molar-refractivity contribution in [3.05, 3.63) is 35.0 Å². The molecule has 66 valence electrons. The van der Waals surface area contributed by atoms with Gasteiger partial charge < -0.3 is 10.4 Å². The van der Waals surface area contributed by atoms with Gasteiger partial charge in [0.05, 0.1) is 0 Å². The van der Waals surface area contributed by atoms with Gasteiger partial charge in [-0.05, 0) is 11.4 Å². The Bertz CT molecular complexity index is 220. The third-order valence-corrected chi connectivity index (χ3v) is 2.47. The second-order valence-electron chi connectivity index (χ2n) is 2.48. The standard InChI is InChI=1S/C9H13NOS/c1-2-5-10-7-8(11)9-4-3-6-12-9/h2-4,6,8,10-11H,1,5,7H2. The third-order valence-electron chi connectivity index (χ3n) is 1.50. The highest BCUT2D eigenvalue weighted by molar-refractivity contribution is 7.10. The van der Waals surface area contributed by atoms with Gasteiger partial charge >= 0.3 is 0 Å². The summed E-state index contributed by atoms with van der Waals surface area (Å²) in [6, 6.07) is 3.88. The number of rotatable bonds is 5. The van der Waals surface area contributed by atoms with Crippen molar-refractivity contribution in [3.63, 3.8) is 0 Å². The molecule has 12 heavy (non-hydrogen) atoms. The second kappa shape index (κ2) is 5.09. The van der Waals surface area contributed by atoms with Crippen molar-refractivity contribution in [1.82, 2.24) is 5.32 Å². The van der Waals surface area contributed by atoms with E-state index in [1.54, 1.807) is 17.4 Å². The SMILES string of the molecule is C=CCNCC(O)c1cccs1. The summed E-state index contributed by atoms with van der Waals surface area (Å²) in [7, 11) is 0. The van der Waals surface area contributed by atoms with Gasteiger partial charge in [-0.15, -0.1) is 17.9 Å². The Morgan fingerprint density at radius 3 is 3.17 bits per heavy atom. The van der Waals surface area contributed by atoms with Crippen LogP contribution in [-0.2, 0) is 0 Å². The Balaban J connectivity index is 2.29. The Labute approximate surface area is 76.6 Å². The van der Waals surface area contributed by atoms with E-state index in [-0.39, 0.29) is 6.10 Å². The summed E-state index contributed by atoms with van der Waals surface area (Å²) in [4.78, 5) is 1.01. The lowest BCUT2D eigenvalue weighted by atomic mass is 10.3. The number of thiophene rings is 1. The monoisotopic (exact) mass is 183 g/mol. The van der Waals surface area contributed by atoms with Gasteiger partial charge in [-0.25, -0.2) is 0 Å². The minimum Gasteiger partial charge on any atom is -0.386 e. The van der Waals surface area contributed by atoms with Gasteiger partial charge in [-0.3, -0.25) is 0 Å². The van der Waals surface area contributed by atoms with Crippen LogP contribution in [0.25, 0.3) is 0 Å². The highest BCUT2D eigenvalue weighted by Gasteiger charge is 2.05. The van der Waals surface area contributed by atoms with Gasteiger partial charge in [0.2, 0.25) is 0 Å². The number of hydrogen-bond donors (Lipinski definition) is 2. The molecule has 1 aromatic rings. The molecule has 0 bridgehead atoms. The predicted octanol–water partition coefficient (Wildman–Crippen LogP) is 1.56. The summed E-state index contributed by atoms with van der Waals surface area (Å²) >= 11 is 1.57. The average Bonchev–Trinajstić information content (AvgIpc) is 2.56.